The van der Waals surface area contributed by atoms with Crippen LogP contribution in [0.5, 0.6) is 0 Å². The Labute approximate surface area is 141 Å². The topological polar surface area (TPSA) is 126 Å². The second kappa shape index (κ2) is 7.23. The van der Waals surface area contributed by atoms with Gasteiger partial charge in [-0.15, -0.1) is 12.2 Å². The molecule has 0 bridgehead atoms. The van der Waals surface area contributed by atoms with Gasteiger partial charge < -0.3 is 20.4 Å². The van der Waals surface area contributed by atoms with Crippen LogP contribution in [-0.2, 0) is 9.59 Å². The van der Waals surface area contributed by atoms with Crippen molar-refractivity contribution in [3.8, 4) is 0 Å². The summed E-state index contributed by atoms with van der Waals surface area (Å²) in [4.78, 5) is 20.9. The van der Waals surface area contributed by atoms with E-state index < -0.39 is 18.1 Å². The minimum absolute atomic E-state index is 0.102. The third-order valence-corrected chi connectivity index (χ3v) is 4.67. The first-order valence-corrected chi connectivity index (χ1v) is 7.62. The van der Waals surface area contributed by atoms with Gasteiger partial charge in [0.15, 0.2) is 11.7 Å². The first-order chi connectivity index (χ1) is 10.9. The van der Waals surface area contributed by atoms with Gasteiger partial charge in [0.1, 0.15) is 0 Å². The van der Waals surface area contributed by atoms with Crippen LogP contribution in [0.1, 0.15) is 27.7 Å². The smallest absolute Gasteiger partial charge is 0.208 e. The first kappa shape index (κ1) is 20.0. The second-order valence-corrected chi connectivity index (χ2v) is 6.32. The highest BCUT2D eigenvalue weighted by Gasteiger charge is 2.31. The fourth-order valence-electron chi connectivity index (χ4n) is 2.47. The average Bonchev–Trinajstić information content (AvgIpc) is 2.63. The summed E-state index contributed by atoms with van der Waals surface area (Å²) in [5.41, 5.74) is 0.794. The molecule has 6 heteroatoms. The summed E-state index contributed by atoms with van der Waals surface area (Å²) in [6.07, 6.45) is -1.17. The third kappa shape index (κ3) is 3.39. The van der Waals surface area contributed by atoms with Gasteiger partial charge in [-0.25, -0.2) is 0 Å². The molecule has 0 aromatic heterocycles. The van der Waals surface area contributed by atoms with Crippen LogP contribution in [0.15, 0.2) is 34.8 Å². The summed E-state index contributed by atoms with van der Waals surface area (Å²) >= 11 is 0. The van der Waals surface area contributed by atoms with Crippen molar-refractivity contribution in [3.05, 3.63) is 41.7 Å². The van der Waals surface area contributed by atoms with Crippen LogP contribution in [0.4, 0.5) is 0 Å². The SMILES string of the molecule is C=C1C(=O)C(C)=C1[O-].CC1C([O-])C(C)C1[O-].[CH2+]C1C(=O)C(C)=C1[O-]. The lowest BCUT2D eigenvalue weighted by molar-refractivity contribution is -0.558. The van der Waals surface area contributed by atoms with Crippen molar-refractivity contribution in [1.29, 1.82) is 0 Å². The van der Waals surface area contributed by atoms with Gasteiger partial charge in [0.2, 0.25) is 5.78 Å². The van der Waals surface area contributed by atoms with Crippen molar-refractivity contribution in [2.24, 2.45) is 17.8 Å². The van der Waals surface area contributed by atoms with Gasteiger partial charge in [-0.1, -0.05) is 43.8 Å². The van der Waals surface area contributed by atoms with E-state index in [1.165, 1.54) is 13.8 Å². The van der Waals surface area contributed by atoms with Gasteiger partial charge in [0.05, 0.1) is 6.92 Å². The Hall–Kier alpha value is -2.05. The monoisotopic (exact) mass is 333 g/mol. The van der Waals surface area contributed by atoms with E-state index >= 15 is 0 Å². The molecule has 3 rings (SSSR count). The second-order valence-electron chi connectivity index (χ2n) is 6.32. The third-order valence-electron chi connectivity index (χ3n) is 4.67. The molecule has 0 spiro atoms. The average molecular weight is 333 g/mol. The first-order valence-electron chi connectivity index (χ1n) is 7.62. The summed E-state index contributed by atoms with van der Waals surface area (Å²) in [5.74, 6) is -1.43. The highest BCUT2D eigenvalue weighted by molar-refractivity contribution is 6.17. The Balaban J connectivity index is 0.000000180. The van der Waals surface area contributed by atoms with Crippen LogP contribution in [0.25, 0.3) is 0 Å². The van der Waals surface area contributed by atoms with Crippen molar-refractivity contribution in [1.82, 2.24) is 0 Å². The summed E-state index contributed by atoms with van der Waals surface area (Å²) in [7, 11) is 0. The van der Waals surface area contributed by atoms with Crippen LogP contribution in [0.2, 0.25) is 0 Å². The number of allylic oxidation sites excluding steroid dienone is 4. The van der Waals surface area contributed by atoms with Crippen LogP contribution >= 0.6 is 0 Å². The fourth-order valence-corrected chi connectivity index (χ4v) is 2.47. The summed E-state index contributed by atoms with van der Waals surface area (Å²) in [6.45, 7) is 13.1. The lowest BCUT2D eigenvalue weighted by atomic mass is 9.71. The predicted octanol–water partition coefficient (Wildman–Crippen LogP) is -1.86. The van der Waals surface area contributed by atoms with Crippen LogP contribution < -0.4 is 20.4 Å². The largest absolute Gasteiger partial charge is 0.872 e. The van der Waals surface area contributed by atoms with Gasteiger partial charge in [-0.3, -0.25) is 9.59 Å². The zero-order valence-electron chi connectivity index (χ0n) is 14.3. The molecule has 0 amide bonds. The number of rotatable bonds is 0. The number of carbonyl (C=O) groups is 2. The Morgan fingerprint density at radius 1 is 0.958 bits per heavy atom. The standard InChI is InChI=1S/C6H10O2.2C6H6O2/c3*1-3-5(7)4(2)6(3)8/h3-6H,1-2H3;7H,1H2,2H3;3H,1H2,2H3/q-2;;/p-1. The summed E-state index contributed by atoms with van der Waals surface area (Å²) in [5, 5.41) is 42.2. The Morgan fingerprint density at radius 3 is 1.50 bits per heavy atom. The molecule has 1 unspecified atom stereocenters. The zero-order chi connectivity index (χ0) is 18.9. The molecule has 0 aromatic rings. The van der Waals surface area contributed by atoms with E-state index in [0.29, 0.717) is 11.1 Å². The van der Waals surface area contributed by atoms with E-state index in [1.807, 2.05) is 0 Å². The lowest BCUT2D eigenvalue weighted by Crippen LogP contribution is -2.64. The maximum Gasteiger partial charge on any atom is 0.208 e. The van der Waals surface area contributed by atoms with E-state index in [2.05, 4.69) is 13.5 Å². The molecule has 1 fully saturated rings. The molecular formula is C18H21O6-3. The quantitative estimate of drug-likeness (QED) is 0.378. The van der Waals surface area contributed by atoms with Crippen molar-refractivity contribution in [3.63, 3.8) is 0 Å². The van der Waals surface area contributed by atoms with Crippen molar-refractivity contribution < 1.29 is 30.0 Å². The number of Topliss-reactive ketones (excluding diaryl/α,β-unsaturated/α-hetero) is 2. The van der Waals surface area contributed by atoms with E-state index in [-0.39, 0.29) is 40.5 Å². The molecule has 0 saturated heterocycles. The molecule has 1 saturated carbocycles. The summed E-state index contributed by atoms with van der Waals surface area (Å²) < 4.78 is 0. The van der Waals surface area contributed by atoms with Gasteiger partial charge in [0, 0.05) is 5.57 Å². The molecule has 0 radical (unpaired) electrons. The number of carbonyl (C=O) groups excluding carboxylic acids is 2. The molecule has 6 nitrogen and oxygen atoms in total. The lowest BCUT2D eigenvalue weighted by Gasteiger charge is -2.58. The van der Waals surface area contributed by atoms with E-state index in [4.69, 9.17) is 0 Å². The highest BCUT2D eigenvalue weighted by atomic mass is 16.3. The van der Waals surface area contributed by atoms with Gasteiger partial charge in [-0.05, 0) is 25.0 Å². The normalized spacial score (nSPS) is 34.2. The van der Waals surface area contributed by atoms with E-state index in [1.54, 1.807) is 13.8 Å². The number of hydrogen-bond donors (Lipinski definition) is 0. The molecule has 132 valence electrons. The van der Waals surface area contributed by atoms with Crippen molar-refractivity contribution in [2.75, 3.05) is 0 Å². The predicted molar refractivity (Wildman–Crippen MR) is 79.3 cm³/mol. The minimum Gasteiger partial charge on any atom is -0.872 e. The molecule has 0 aromatic carbocycles. The fraction of sp³-hybridized carbons (Fsp3) is 0.500. The molecule has 1 atom stereocenters. The van der Waals surface area contributed by atoms with Gasteiger partial charge >= 0.3 is 0 Å². The molecule has 0 N–H and O–H groups in total. The molecule has 0 aliphatic heterocycles. The minimum atomic E-state index is -0.588. The Kier molecular flexibility index (Phi) is 6.03. The van der Waals surface area contributed by atoms with Crippen LogP contribution in [-0.4, -0.2) is 23.8 Å². The number of hydrogen-bond acceptors (Lipinski definition) is 6. The molecule has 24 heavy (non-hydrogen) atoms. The zero-order valence-corrected chi connectivity index (χ0v) is 14.3. The van der Waals surface area contributed by atoms with E-state index in [9.17, 15) is 30.0 Å². The van der Waals surface area contributed by atoms with E-state index in [0.717, 1.165) is 0 Å². The maximum absolute atomic E-state index is 10.7. The van der Waals surface area contributed by atoms with Crippen LogP contribution in [0.3, 0.4) is 0 Å². The van der Waals surface area contributed by atoms with Crippen molar-refractivity contribution in [2.45, 2.75) is 39.9 Å². The summed E-state index contributed by atoms with van der Waals surface area (Å²) in [6, 6.07) is 0. The molecule has 0 heterocycles. The van der Waals surface area contributed by atoms with Gasteiger partial charge in [-0.2, -0.15) is 0 Å². The Morgan fingerprint density at radius 2 is 1.38 bits per heavy atom. The molecule has 3 aliphatic carbocycles. The molecular weight excluding hydrogens is 312 g/mol. The van der Waals surface area contributed by atoms with Gasteiger partial charge in [0.25, 0.3) is 0 Å². The number of ketones is 2. The maximum atomic E-state index is 10.7. The highest BCUT2D eigenvalue weighted by Crippen LogP contribution is 2.29. The van der Waals surface area contributed by atoms with Crippen LogP contribution in [0, 0.1) is 24.7 Å². The Bertz CT molecular complexity index is 573. The molecule has 3 aliphatic rings. The van der Waals surface area contributed by atoms with Crippen molar-refractivity contribution >= 4 is 11.6 Å².